The number of rotatable bonds is 5. The van der Waals surface area contributed by atoms with Crippen molar-refractivity contribution in [2.45, 2.75) is 62.6 Å². The van der Waals surface area contributed by atoms with Gasteiger partial charge in [-0.2, -0.15) is 0 Å². The van der Waals surface area contributed by atoms with Crippen LogP contribution in [0.25, 0.3) is 0 Å². The van der Waals surface area contributed by atoms with E-state index < -0.39 is 17.5 Å². The molecule has 132 valence electrons. The molecule has 7 nitrogen and oxygen atoms in total. The molecule has 2 aliphatic carbocycles. The van der Waals surface area contributed by atoms with E-state index in [9.17, 15) is 14.4 Å². The van der Waals surface area contributed by atoms with Crippen molar-refractivity contribution in [3.8, 4) is 0 Å². The second-order valence-electron chi connectivity index (χ2n) is 7.15. The molecule has 3 rings (SSSR count). The fourth-order valence-electron chi connectivity index (χ4n) is 3.97. The summed E-state index contributed by atoms with van der Waals surface area (Å²) in [7, 11) is 0. The standard InChI is InChI=1S/C17H26N4O3/c1-2-11-10-17(11,15(18)23)20-14(22)13-8-5-9-21(13)16(24)19-12-6-3-4-7-12/h2,11-13H,1,3-10H2,(H2,18,23)(H,19,24)(H,20,22). The van der Waals surface area contributed by atoms with Gasteiger partial charge in [0.1, 0.15) is 11.6 Å². The van der Waals surface area contributed by atoms with Crippen LogP contribution in [0, 0.1) is 5.92 Å². The van der Waals surface area contributed by atoms with Crippen LogP contribution in [0.2, 0.25) is 0 Å². The smallest absolute Gasteiger partial charge is 0.318 e. The number of nitrogens with zero attached hydrogens (tertiary/aromatic N) is 1. The predicted octanol–water partition coefficient (Wildman–Crippen LogP) is 0.649. The monoisotopic (exact) mass is 334 g/mol. The van der Waals surface area contributed by atoms with Crippen LogP contribution in [0.1, 0.15) is 44.9 Å². The fraction of sp³-hybridized carbons (Fsp3) is 0.706. The number of carbonyl (C=O) groups excluding carboxylic acids is 3. The molecule has 0 bridgehead atoms. The van der Waals surface area contributed by atoms with Gasteiger partial charge in [0.25, 0.3) is 0 Å². The Kier molecular flexibility index (Phi) is 4.51. The summed E-state index contributed by atoms with van der Waals surface area (Å²) in [6.45, 7) is 4.23. The number of primary amides is 1. The highest BCUT2D eigenvalue weighted by Crippen LogP contribution is 2.44. The van der Waals surface area contributed by atoms with Crippen molar-refractivity contribution in [3.63, 3.8) is 0 Å². The zero-order valence-electron chi connectivity index (χ0n) is 13.9. The third-order valence-corrected chi connectivity index (χ3v) is 5.58. The quantitative estimate of drug-likeness (QED) is 0.643. The molecule has 0 aromatic carbocycles. The van der Waals surface area contributed by atoms with Gasteiger partial charge in [-0.15, -0.1) is 6.58 Å². The van der Waals surface area contributed by atoms with Crippen LogP contribution in [0.15, 0.2) is 12.7 Å². The zero-order chi connectivity index (χ0) is 17.3. The third-order valence-electron chi connectivity index (χ3n) is 5.58. The Morgan fingerprint density at radius 1 is 1.17 bits per heavy atom. The minimum Gasteiger partial charge on any atom is -0.368 e. The highest BCUT2D eigenvalue weighted by molar-refractivity contribution is 5.96. The summed E-state index contributed by atoms with van der Waals surface area (Å²) >= 11 is 0. The van der Waals surface area contributed by atoms with Crippen molar-refractivity contribution in [2.24, 2.45) is 11.7 Å². The molecule has 4 amide bonds. The van der Waals surface area contributed by atoms with E-state index in [0.717, 1.165) is 32.1 Å². The molecule has 3 unspecified atom stereocenters. The van der Waals surface area contributed by atoms with Crippen molar-refractivity contribution in [3.05, 3.63) is 12.7 Å². The Labute approximate surface area is 142 Å². The first-order valence-corrected chi connectivity index (χ1v) is 8.79. The molecular weight excluding hydrogens is 308 g/mol. The lowest BCUT2D eigenvalue weighted by molar-refractivity contribution is -0.130. The van der Waals surface area contributed by atoms with Gasteiger partial charge in [-0.25, -0.2) is 4.79 Å². The van der Waals surface area contributed by atoms with Crippen molar-refractivity contribution >= 4 is 17.8 Å². The van der Waals surface area contributed by atoms with Crippen LogP contribution in [0.5, 0.6) is 0 Å². The van der Waals surface area contributed by atoms with E-state index >= 15 is 0 Å². The lowest BCUT2D eigenvalue weighted by Gasteiger charge is -2.27. The van der Waals surface area contributed by atoms with Crippen molar-refractivity contribution in [1.29, 1.82) is 0 Å². The SMILES string of the molecule is C=CC1CC1(NC(=O)C1CCCN1C(=O)NC1CCCC1)C(N)=O. The van der Waals surface area contributed by atoms with Crippen LogP contribution in [-0.4, -0.2) is 46.9 Å². The third kappa shape index (κ3) is 2.99. The van der Waals surface area contributed by atoms with E-state index in [2.05, 4.69) is 17.2 Å². The first-order chi connectivity index (χ1) is 11.5. The molecule has 1 saturated heterocycles. The minimum absolute atomic E-state index is 0.124. The summed E-state index contributed by atoms with van der Waals surface area (Å²) in [6.07, 6.45) is 7.80. The Bertz CT molecular complexity index is 558. The zero-order valence-corrected chi connectivity index (χ0v) is 13.9. The molecule has 3 fully saturated rings. The Morgan fingerprint density at radius 2 is 1.88 bits per heavy atom. The van der Waals surface area contributed by atoms with Gasteiger partial charge < -0.3 is 21.3 Å². The van der Waals surface area contributed by atoms with Crippen LogP contribution >= 0.6 is 0 Å². The molecule has 4 N–H and O–H groups in total. The first-order valence-electron chi connectivity index (χ1n) is 8.79. The molecule has 24 heavy (non-hydrogen) atoms. The second kappa shape index (κ2) is 6.45. The van der Waals surface area contributed by atoms with Crippen LogP contribution in [0.3, 0.4) is 0 Å². The van der Waals surface area contributed by atoms with Crippen molar-refractivity contribution in [1.82, 2.24) is 15.5 Å². The van der Waals surface area contributed by atoms with Crippen LogP contribution < -0.4 is 16.4 Å². The summed E-state index contributed by atoms with van der Waals surface area (Å²) in [4.78, 5) is 38.4. The predicted molar refractivity (Wildman–Crippen MR) is 88.9 cm³/mol. The van der Waals surface area contributed by atoms with E-state index in [4.69, 9.17) is 5.73 Å². The van der Waals surface area contributed by atoms with Gasteiger partial charge in [0, 0.05) is 18.5 Å². The number of nitrogens with two attached hydrogens (primary N) is 1. The maximum Gasteiger partial charge on any atom is 0.318 e. The average Bonchev–Trinajstić information content (AvgIpc) is 2.95. The number of likely N-dealkylation sites (tertiary alicyclic amines) is 1. The number of urea groups is 1. The van der Waals surface area contributed by atoms with Gasteiger partial charge in [0.2, 0.25) is 11.8 Å². The molecule has 0 aromatic heterocycles. The molecule has 2 saturated carbocycles. The van der Waals surface area contributed by atoms with E-state index in [1.54, 1.807) is 11.0 Å². The highest BCUT2D eigenvalue weighted by atomic mass is 16.2. The fourth-order valence-corrected chi connectivity index (χ4v) is 3.97. The summed E-state index contributed by atoms with van der Waals surface area (Å²) in [5.41, 5.74) is 4.44. The molecular formula is C17H26N4O3. The van der Waals surface area contributed by atoms with Crippen LogP contribution in [-0.2, 0) is 9.59 Å². The highest BCUT2D eigenvalue weighted by Gasteiger charge is 2.59. The lowest BCUT2D eigenvalue weighted by atomic mass is 10.1. The lowest BCUT2D eigenvalue weighted by Crippen LogP contribution is -2.56. The number of amides is 4. The maximum atomic E-state index is 12.6. The molecule has 3 aliphatic rings. The largest absolute Gasteiger partial charge is 0.368 e. The van der Waals surface area contributed by atoms with Gasteiger partial charge in [-0.1, -0.05) is 18.9 Å². The van der Waals surface area contributed by atoms with Gasteiger partial charge in [0.15, 0.2) is 0 Å². The van der Waals surface area contributed by atoms with E-state index in [1.165, 1.54) is 0 Å². The summed E-state index contributed by atoms with van der Waals surface area (Å²) < 4.78 is 0. The van der Waals surface area contributed by atoms with E-state index in [-0.39, 0.29) is 23.9 Å². The van der Waals surface area contributed by atoms with Gasteiger partial charge in [-0.3, -0.25) is 9.59 Å². The van der Waals surface area contributed by atoms with Gasteiger partial charge in [0.05, 0.1) is 0 Å². The topological polar surface area (TPSA) is 105 Å². The molecule has 1 aliphatic heterocycles. The number of hydrogen-bond donors (Lipinski definition) is 3. The maximum absolute atomic E-state index is 12.6. The molecule has 0 aromatic rings. The normalized spacial score (nSPS) is 32.4. The summed E-state index contributed by atoms with van der Waals surface area (Å²) in [5.74, 6) is -0.959. The average molecular weight is 334 g/mol. The van der Waals surface area contributed by atoms with Crippen LogP contribution in [0.4, 0.5) is 4.79 Å². The summed E-state index contributed by atoms with van der Waals surface area (Å²) in [6, 6.07) is -0.496. The van der Waals surface area contributed by atoms with E-state index in [1.807, 2.05) is 0 Å². The molecule has 3 atom stereocenters. The van der Waals surface area contributed by atoms with Crippen molar-refractivity contribution in [2.75, 3.05) is 6.54 Å². The number of carbonyl (C=O) groups is 3. The number of hydrogen-bond acceptors (Lipinski definition) is 3. The Hall–Kier alpha value is -2.05. The Balaban J connectivity index is 1.62. The first kappa shape index (κ1) is 16.8. The number of nitrogens with one attached hydrogen (secondary N) is 2. The molecule has 0 radical (unpaired) electrons. The summed E-state index contributed by atoms with van der Waals surface area (Å²) in [5, 5.41) is 5.81. The minimum atomic E-state index is -1.02. The second-order valence-corrected chi connectivity index (χ2v) is 7.15. The van der Waals surface area contributed by atoms with Gasteiger partial charge >= 0.3 is 6.03 Å². The van der Waals surface area contributed by atoms with Crippen molar-refractivity contribution < 1.29 is 14.4 Å². The van der Waals surface area contributed by atoms with Gasteiger partial charge in [-0.05, 0) is 32.1 Å². The molecule has 1 heterocycles. The molecule has 0 spiro atoms. The van der Waals surface area contributed by atoms with E-state index in [0.29, 0.717) is 19.4 Å². The Morgan fingerprint density at radius 3 is 2.46 bits per heavy atom. The molecule has 7 heteroatoms.